The lowest BCUT2D eigenvalue weighted by Crippen LogP contribution is -2.41. The molecule has 0 N–H and O–H groups in total. The maximum absolute atomic E-state index is 10.9. The zero-order valence-electron chi connectivity index (χ0n) is 7.66. The molecule has 1 amide bonds. The van der Waals surface area contributed by atoms with Gasteiger partial charge in [-0.05, 0) is 0 Å². The predicted octanol–water partition coefficient (Wildman–Crippen LogP) is -0.454. The van der Waals surface area contributed by atoms with E-state index >= 15 is 0 Å². The number of rotatable bonds is 4. The minimum absolute atomic E-state index is 0.0828. The highest BCUT2D eigenvalue weighted by molar-refractivity contribution is 5.77. The molecule has 1 radical (unpaired) electrons. The van der Waals surface area contributed by atoms with E-state index in [1.165, 1.54) is 7.05 Å². The molecule has 0 unspecified atom stereocenters. The normalized spacial score (nSPS) is 10.7. The minimum Gasteiger partial charge on any atom is -0.271 e. The topological polar surface area (TPSA) is 37.7 Å². The van der Waals surface area contributed by atoms with Gasteiger partial charge in [0, 0.05) is 27.7 Å². The van der Waals surface area contributed by atoms with Gasteiger partial charge in [0.1, 0.15) is 0 Å². The fourth-order valence-electron chi connectivity index (χ4n) is 0.763. The summed E-state index contributed by atoms with van der Waals surface area (Å²) in [5.74, 6) is -0.0828. The Bertz CT molecular complexity index is 125. The van der Waals surface area contributed by atoms with Gasteiger partial charge in [0.05, 0.1) is 6.54 Å². The number of amides is 1. The molecule has 0 atom stereocenters. The van der Waals surface area contributed by atoms with Crippen LogP contribution in [-0.4, -0.2) is 50.2 Å². The average Bonchev–Trinajstić information content (AvgIpc) is 1.99. The van der Waals surface area contributed by atoms with Gasteiger partial charge in [0.2, 0.25) is 0 Å². The Balaban J connectivity index is 3.78. The molecule has 0 spiro atoms. The molecule has 0 aliphatic heterocycles. The van der Waals surface area contributed by atoms with Crippen molar-refractivity contribution in [2.24, 2.45) is 0 Å². The third-order valence-electron chi connectivity index (χ3n) is 1.50. The highest BCUT2D eigenvalue weighted by Gasteiger charge is 2.08. The Kier molecular flexibility index (Phi) is 4.81. The molecule has 0 aliphatic carbocycles. The summed E-state index contributed by atoms with van der Waals surface area (Å²) in [5, 5.41) is 7.36. The van der Waals surface area contributed by atoms with Crippen LogP contribution in [0.3, 0.4) is 0 Å². The van der Waals surface area contributed by atoms with Crippen LogP contribution >= 0.6 is 0 Å². The molecule has 0 aliphatic rings. The van der Waals surface area contributed by atoms with Crippen LogP contribution in [0.15, 0.2) is 0 Å². The van der Waals surface area contributed by atoms with Gasteiger partial charge >= 0.3 is 0 Å². The first-order valence-corrected chi connectivity index (χ1v) is 3.66. The molecule has 4 nitrogen and oxygen atoms in total. The van der Waals surface area contributed by atoms with Crippen molar-refractivity contribution in [2.75, 3.05) is 34.2 Å². The van der Waals surface area contributed by atoms with Crippen LogP contribution in [0.5, 0.6) is 0 Å². The zero-order valence-corrected chi connectivity index (χ0v) is 7.66. The van der Waals surface area contributed by atoms with E-state index in [-0.39, 0.29) is 5.91 Å². The van der Waals surface area contributed by atoms with Crippen LogP contribution in [0.4, 0.5) is 0 Å². The van der Waals surface area contributed by atoms with Crippen molar-refractivity contribution in [1.82, 2.24) is 15.3 Å². The standard InChI is InChI=1S/C7H16N3O/c1-5-10(9(3)4)6-7(11)8-2/h5-6H2,1-4H3. The van der Waals surface area contributed by atoms with E-state index in [0.29, 0.717) is 6.54 Å². The molecule has 0 aromatic heterocycles. The molecular weight excluding hydrogens is 142 g/mol. The Hall–Kier alpha value is -0.610. The highest BCUT2D eigenvalue weighted by Crippen LogP contribution is 1.89. The van der Waals surface area contributed by atoms with Gasteiger partial charge in [-0.15, -0.1) is 0 Å². The molecule has 0 saturated carbocycles. The van der Waals surface area contributed by atoms with E-state index in [1.54, 1.807) is 0 Å². The van der Waals surface area contributed by atoms with Crippen LogP contribution < -0.4 is 5.32 Å². The SMILES string of the molecule is CCN(CC(=O)[N]C)N(C)C. The second-order valence-corrected chi connectivity index (χ2v) is 2.45. The first-order valence-electron chi connectivity index (χ1n) is 3.66. The second-order valence-electron chi connectivity index (χ2n) is 2.45. The van der Waals surface area contributed by atoms with Gasteiger partial charge in [-0.1, -0.05) is 6.92 Å². The van der Waals surface area contributed by atoms with E-state index in [4.69, 9.17) is 0 Å². The van der Waals surface area contributed by atoms with E-state index < -0.39 is 0 Å². The van der Waals surface area contributed by atoms with Gasteiger partial charge in [-0.25, -0.2) is 10.0 Å². The van der Waals surface area contributed by atoms with Gasteiger partial charge < -0.3 is 0 Å². The van der Waals surface area contributed by atoms with Crippen LogP contribution in [-0.2, 0) is 4.79 Å². The van der Waals surface area contributed by atoms with Gasteiger partial charge in [0.25, 0.3) is 5.91 Å². The molecule has 0 aromatic carbocycles. The summed E-state index contributed by atoms with van der Waals surface area (Å²) < 4.78 is 0. The Morgan fingerprint density at radius 3 is 2.27 bits per heavy atom. The van der Waals surface area contributed by atoms with Crippen molar-refractivity contribution in [3.05, 3.63) is 0 Å². The Morgan fingerprint density at radius 2 is 2.00 bits per heavy atom. The van der Waals surface area contributed by atoms with Gasteiger partial charge in [-0.3, -0.25) is 10.1 Å². The number of hydrogen-bond acceptors (Lipinski definition) is 3. The smallest absolute Gasteiger partial charge is 0.256 e. The fraction of sp³-hybridized carbons (Fsp3) is 0.857. The molecule has 11 heavy (non-hydrogen) atoms. The molecule has 0 rings (SSSR count). The third-order valence-corrected chi connectivity index (χ3v) is 1.50. The fourth-order valence-corrected chi connectivity index (χ4v) is 0.763. The number of hydrogen-bond donors (Lipinski definition) is 0. The summed E-state index contributed by atoms with van der Waals surface area (Å²) >= 11 is 0. The van der Waals surface area contributed by atoms with Crippen molar-refractivity contribution in [1.29, 1.82) is 0 Å². The summed E-state index contributed by atoms with van der Waals surface area (Å²) in [5.41, 5.74) is 0. The summed E-state index contributed by atoms with van der Waals surface area (Å²) in [4.78, 5) is 10.9. The lowest BCUT2D eigenvalue weighted by atomic mass is 10.5. The van der Waals surface area contributed by atoms with Crippen molar-refractivity contribution in [3.8, 4) is 0 Å². The van der Waals surface area contributed by atoms with E-state index in [2.05, 4.69) is 5.32 Å². The Labute approximate surface area is 68.1 Å². The lowest BCUT2D eigenvalue weighted by molar-refractivity contribution is -0.125. The molecule has 0 bridgehead atoms. The summed E-state index contributed by atoms with van der Waals surface area (Å²) in [6.45, 7) is 3.21. The van der Waals surface area contributed by atoms with Crippen molar-refractivity contribution in [3.63, 3.8) is 0 Å². The highest BCUT2D eigenvalue weighted by atomic mass is 16.2. The van der Waals surface area contributed by atoms with Crippen LogP contribution in [0.1, 0.15) is 6.92 Å². The Morgan fingerprint density at radius 1 is 1.45 bits per heavy atom. The molecular formula is C7H16N3O. The molecule has 0 fully saturated rings. The molecule has 0 heterocycles. The average molecular weight is 158 g/mol. The number of carbonyl (C=O) groups is 1. The zero-order chi connectivity index (χ0) is 8.85. The number of carbonyl (C=O) groups excluding carboxylic acids is 1. The van der Waals surface area contributed by atoms with Crippen molar-refractivity contribution >= 4 is 5.91 Å². The molecule has 4 heteroatoms. The number of likely N-dealkylation sites (N-methyl/N-ethyl adjacent to an activating group) is 2. The second kappa shape index (κ2) is 5.09. The van der Waals surface area contributed by atoms with Crippen LogP contribution in [0.2, 0.25) is 0 Å². The summed E-state index contributed by atoms with van der Waals surface area (Å²) in [7, 11) is 5.34. The first kappa shape index (κ1) is 10.4. The predicted molar refractivity (Wildman–Crippen MR) is 44.0 cm³/mol. The van der Waals surface area contributed by atoms with E-state index in [0.717, 1.165) is 6.54 Å². The maximum atomic E-state index is 10.9. The minimum atomic E-state index is -0.0828. The summed E-state index contributed by atoms with van der Waals surface area (Å²) in [6, 6.07) is 0. The largest absolute Gasteiger partial charge is 0.271 e. The lowest BCUT2D eigenvalue weighted by Gasteiger charge is -2.25. The molecule has 65 valence electrons. The van der Waals surface area contributed by atoms with Gasteiger partial charge in [-0.2, -0.15) is 0 Å². The van der Waals surface area contributed by atoms with Crippen molar-refractivity contribution < 1.29 is 4.79 Å². The van der Waals surface area contributed by atoms with E-state index in [9.17, 15) is 4.79 Å². The third kappa shape index (κ3) is 3.95. The number of hydrazine groups is 1. The molecule has 0 saturated heterocycles. The van der Waals surface area contributed by atoms with Crippen LogP contribution in [0, 0.1) is 0 Å². The van der Waals surface area contributed by atoms with E-state index in [1.807, 2.05) is 31.0 Å². The van der Waals surface area contributed by atoms with Gasteiger partial charge in [0.15, 0.2) is 0 Å². The quantitative estimate of drug-likeness (QED) is 0.520. The summed E-state index contributed by atoms with van der Waals surface area (Å²) in [6.07, 6.45) is 0. The van der Waals surface area contributed by atoms with Crippen LogP contribution in [0.25, 0.3) is 0 Å². The number of nitrogens with zero attached hydrogens (tertiary/aromatic N) is 3. The first-order chi connectivity index (χ1) is 5.11. The van der Waals surface area contributed by atoms with Crippen molar-refractivity contribution in [2.45, 2.75) is 6.92 Å². The molecule has 0 aromatic rings. The monoisotopic (exact) mass is 158 g/mol. The maximum Gasteiger partial charge on any atom is 0.256 e.